The van der Waals surface area contributed by atoms with Crippen LogP contribution in [0.4, 0.5) is 0 Å². The second-order valence-corrected chi connectivity index (χ2v) is 10.5. The standard InChI is InChI=1S/C27H36N2O2S/c1-21-17-28(19-23-13-15-31-16-14-23)18-22(2)29(21)26(20-30)32-27(24-9-5-3-6-10-24)25-11-7-4-8-12-25/h3-12,20-23,26-27H,13-19H2,1-2H3. The van der Waals surface area contributed by atoms with Crippen LogP contribution in [-0.2, 0) is 9.53 Å². The lowest BCUT2D eigenvalue weighted by Crippen LogP contribution is -2.60. The summed E-state index contributed by atoms with van der Waals surface area (Å²) in [5.74, 6) is 0.742. The van der Waals surface area contributed by atoms with E-state index < -0.39 is 0 Å². The molecule has 0 N–H and O–H groups in total. The minimum atomic E-state index is -0.171. The maximum Gasteiger partial charge on any atom is 0.147 e. The van der Waals surface area contributed by atoms with Gasteiger partial charge in [0.1, 0.15) is 11.7 Å². The number of benzene rings is 2. The van der Waals surface area contributed by atoms with Gasteiger partial charge in [0.25, 0.3) is 0 Å². The van der Waals surface area contributed by atoms with Crippen LogP contribution in [-0.4, -0.2) is 66.4 Å². The van der Waals surface area contributed by atoms with E-state index in [9.17, 15) is 4.79 Å². The summed E-state index contributed by atoms with van der Waals surface area (Å²) in [6.45, 7) is 9.57. The predicted octanol–water partition coefficient (Wildman–Crippen LogP) is 4.86. The van der Waals surface area contributed by atoms with Gasteiger partial charge in [-0.15, -0.1) is 11.8 Å². The number of thioether (sulfide) groups is 1. The van der Waals surface area contributed by atoms with E-state index in [1.54, 1.807) is 11.8 Å². The van der Waals surface area contributed by atoms with Crippen molar-refractivity contribution in [3.8, 4) is 0 Å². The summed E-state index contributed by atoms with van der Waals surface area (Å²) < 4.78 is 5.54. The molecule has 0 saturated carbocycles. The molecule has 2 saturated heterocycles. The molecule has 0 bridgehead atoms. The lowest BCUT2D eigenvalue weighted by atomic mass is 9.98. The van der Waals surface area contributed by atoms with Gasteiger partial charge in [-0.2, -0.15) is 0 Å². The molecule has 2 fully saturated rings. The molecule has 172 valence electrons. The molecular weight excluding hydrogens is 416 g/mol. The maximum atomic E-state index is 12.4. The van der Waals surface area contributed by atoms with Crippen molar-refractivity contribution in [3.05, 3.63) is 71.8 Å². The first-order valence-electron chi connectivity index (χ1n) is 11.9. The van der Waals surface area contributed by atoms with Crippen molar-refractivity contribution in [3.63, 3.8) is 0 Å². The smallest absolute Gasteiger partial charge is 0.147 e. The van der Waals surface area contributed by atoms with Crippen molar-refractivity contribution in [2.24, 2.45) is 5.92 Å². The molecule has 4 nitrogen and oxygen atoms in total. The first-order valence-corrected chi connectivity index (χ1v) is 12.9. The molecule has 3 unspecified atom stereocenters. The molecule has 5 heteroatoms. The Balaban J connectivity index is 1.47. The molecule has 32 heavy (non-hydrogen) atoms. The van der Waals surface area contributed by atoms with Gasteiger partial charge in [0.05, 0.1) is 5.25 Å². The van der Waals surface area contributed by atoms with E-state index in [1.165, 1.54) is 24.0 Å². The number of hydrogen-bond donors (Lipinski definition) is 0. The largest absolute Gasteiger partial charge is 0.381 e. The van der Waals surface area contributed by atoms with Crippen LogP contribution in [0, 0.1) is 5.92 Å². The Morgan fingerprint density at radius 2 is 1.47 bits per heavy atom. The summed E-state index contributed by atoms with van der Waals surface area (Å²) in [5.41, 5.74) is 2.49. The van der Waals surface area contributed by atoms with E-state index >= 15 is 0 Å². The van der Waals surface area contributed by atoms with Crippen molar-refractivity contribution in [2.75, 3.05) is 32.8 Å². The van der Waals surface area contributed by atoms with E-state index in [4.69, 9.17) is 4.74 Å². The van der Waals surface area contributed by atoms with E-state index in [-0.39, 0.29) is 10.6 Å². The molecule has 0 aliphatic carbocycles. The van der Waals surface area contributed by atoms with Gasteiger partial charge in [-0.05, 0) is 43.7 Å². The summed E-state index contributed by atoms with van der Waals surface area (Å²) >= 11 is 1.77. The Labute approximate surface area is 197 Å². The second kappa shape index (κ2) is 11.5. The van der Waals surface area contributed by atoms with Crippen LogP contribution in [0.25, 0.3) is 0 Å². The highest BCUT2D eigenvalue weighted by atomic mass is 32.2. The first-order chi connectivity index (χ1) is 15.7. The fourth-order valence-corrected chi connectivity index (χ4v) is 6.83. The van der Waals surface area contributed by atoms with Gasteiger partial charge >= 0.3 is 0 Å². The zero-order valence-corrected chi connectivity index (χ0v) is 20.1. The monoisotopic (exact) mass is 452 g/mol. The van der Waals surface area contributed by atoms with Crippen molar-refractivity contribution < 1.29 is 9.53 Å². The number of carbonyl (C=O) groups is 1. The van der Waals surface area contributed by atoms with Gasteiger partial charge in [0.15, 0.2) is 0 Å². The molecule has 2 aromatic carbocycles. The molecule has 2 aliphatic heterocycles. The number of nitrogens with zero attached hydrogens (tertiary/aromatic N) is 2. The van der Waals surface area contributed by atoms with Crippen LogP contribution in [0.3, 0.4) is 0 Å². The Kier molecular flexibility index (Phi) is 8.42. The number of carbonyl (C=O) groups excluding carboxylic acids is 1. The van der Waals surface area contributed by atoms with E-state index in [1.807, 2.05) is 0 Å². The molecule has 0 radical (unpaired) electrons. The minimum Gasteiger partial charge on any atom is -0.381 e. The molecule has 2 aliphatic rings. The van der Waals surface area contributed by atoms with Gasteiger partial charge in [0, 0.05) is 44.9 Å². The molecule has 2 aromatic rings. The second-order valence-electron chi connectivity index (χ2n) is 9.28. The van der Waals surface area contributed by atoms with Crippen molar-refractivity contribution in [1.29, 1.82) is 0 Å². The van der Waals surface area contributed by atoms with Crippen LogP contribution in [0.2, 0.25) is 0 Å². The van der Waals surface area contributed by atoms with E-state index in [0.29, 0.717) is 12.1 Å². The topological polar surface area (TPSA) is 32.8 Å². The zero-order chi connectivity index (χ0) is 22.3. The van der Waals surface area contributed by atoms with Gasteiger partial charge < -0.3 is 9.53 Å². The number of rotatable bonds is 8. The molecule has 2 heterocycles. The maximum absolute atomic E-state index is 12.4. The van der Waals surface area contributed by atoms with Crippen molar-refractivity contribution >= 4 is 18.0 Å². The number of piperazine rings is 1. The third-order valence-electron chi connectivity index (χ3n) is 6.81. The van der Waals surface area contributed by atoms with Gasteiger partial charge in [0.2, 0.25) is 0 Å². The summed E-state index contributed by atoms with van der Waals surface area (Å²) in [4.78, 5) is 17.5. The van der Waals surface area contributed by atoms with E-state index in [0.717, 1.165) is 45.1 Å². The highest BCUT2D eigenvalue weighted by Gasteiger charge is 2.36. The molecule has 0 spiro atoms. The van der Waals surface area contributed by atoms with Gasteiger partial charge in [-0.3, -0.25) is 9.80 Å². The average molecular weight is 453 g/mol. The highest BCUT2D eigenvalue weighted by Crippen LogP contribution is 2.40. The lowest BCUT2D eigenvalue weighted by molar-refractivity contribution is -0.112. The fraction of sp³-hybridized carbons (Fsp3) is 0.519. The van der Waals surface area contributed by atoms with Crippen LogP contribution in [0.1, 0.15) is 43.1 Å². The fourth-order valence-electron chi connectivity index (χ4n) is 5.31. The van der Waals surface area contributed by atoms with Crippen molar-refractivity contribution in [1.82, 2.24) is 9.80 Å². The zero-order valence-electron chi connectivity index (χ0n) is 19.3. The summed E-state index contributed by atoms with van der Waals surface area (Å²) in [6, 6.07) is 21.8. The third kappa shape index (κ3) is 5.82. The third-order valence-corrected chi connectivity index (χ3v) is 8.26. The Bertz CT molecular complexity index is 777. The Hall–Kier alpha value is -1.66. The molecule has 3 atom stereocenters. The molecule has 0 amide bonds. The minimum absolute atomic E-state index is 0.132. The first kappa shape index (κ1) is 23.5. The quantitative estimate of drug-likeness (QED) is 0.535. The van der Waals surface area contributed by atoms with Crippen LogP contribution < -0.4 is 0 Å². The normalized spacial score (nSPS) is 24.5. The summed E-state index contributed by atoms with van der Waals surface area (Å²) in [5, 5.41) is -0.0390. The molecular formula is C27H36N2O2S. The van der Waals surface area contributed by atoms with Crippen molar-refractivity contribution in [2.45, 2.75) is 49.4 Å². The average Bonchev–Trinajstić information content (AvgIpc) is 2.82. The summed E-state index contributed by atoms with van der Waals surface area (Å²) in [6.07, 6.45) is 3.50. The number of hydrogen-bond acceptors (Lipinski definition) is 5. The number of aldehydes is 1. The van der Waals surface area contributed by atoms with Crippen LogP contribution in [0.5, 0.6) is 0 Å². The SMILES string of the molecule is CC1CN(CC2CCOCC2)CC(C)N1C(C=O)SC(c1ccccc1)c1ccccc1. The Morgan fingerprint density at radius 3 is 1.97 bits per heavy atom. The van der Waals surface area contributed by atoms with Gasteiger partial charge in [-0.1, -0.05) is 60.7 Å². The Morgan fingerprint density at radius 1 is 0.938 bits per heavy atom. The van der Waals surface area contributed by atoms with Gasteiger partial charge in [-0.25, -0.2) is 0 Å². The van der Waals surface area contributed by atoms with Crippen LogP contribution >= 0.6 is 11.8 Å². The lowest BCUT2D eigenvalue weighted by Gasteiger charge is -2.48. The molecule has 0 aromatic heterocycles. The number of ether oxygens (including phenoxy) is 1. The van der Waals surface area contributed by atoms with E-state index in [2.05, 4.69) is 84.3 Å². The predicted molar refractivity (Wildman–Crippen MR) is 133 cm³/mol. The van der Waals surface area contributed by atoms with Crippen LogP contribution in [0.15, 0.2) is 60.7 Å². The highest BCUT2D eigenvalue weighted by molar-refractivity contribution is 8.00. The molecule has 4 rings (SSSR count). The summed E-state index contributed by atoms with van der Waals surface area (Å²) in [7, 11) is 0.